The summed E-state index contributed by atoms with van der Waals surface area (Å²) in [6.45, 7) is 10.0. The number of carbonyl (C=O) groups is 7. The average Bonchev–Trinajstić information content (AvgIpc) is 3.64. The van der Waals surface area contributed by atoms with Gasteiger partial charge in [0.1, 0.15) is 36.3 Å². The third-order valence-electron chi connectivity index (χ3n) is 8.93. The van der Waals surface area contributed by atoms with Crippen LogP contribution in [0.25, 0.3) is 0 Å². The zero-order chi connectivity index (χ0) is 41.3. The van der Waals surface area contributed by atoms with E-state index in [1.54, 1.807) is 41.5 Å². The highest BCUT2D eigenvalue weighted by atomic mass is 16.4. The maximum Gasteiger partial charge on any atom is 0.328 e. The fraction of sp³-hybridized carbons (Fsp3) is 0.706. The third-order valence-corrected chi connectivity index (χ3v) is 8.93. The van der Waals surface area contributed by atoms with Crippen molar-refractivity contribution in [2.45, 2.75) is 123 Å². The summed E-state index contributed by atoms with van der Waals surface area (Å²) in [5.74, 6) is -7.69. The number of amides is 6. The van der Waals surface area contributed by atoms with Gasteiger partial charge in [-0.2, -0.15) is 0 Å². The lowest BCUT2D eigenvalue weighted by molar-refractivity contribution is -0.145. The molecular formula is C34H59N9O11. The number of carboxylic acid groups (broad SMARTS) is 1. The monoisotopic (exact) mass is 769 g/mol. The number of aromatic amines is 1. The normalized spacial score (nSPS) is 16.9. The summed E-state index contributed by atoms with van der Waals surface area (Å²) >= 11 is 0. The van der Waals surface area contributed by atoms with Gasteiger partial charge < -0.3 is 63.0 Å². The topological polar surface area (TPSA) is 327 Å². The van der Waals surface area contributed by atoms with Crippen molar-refractivity contribution in [3.8, 4) is 0 Å². The van der Waals surface area contributed by atoms with Crippen LogP contribution in [0.2, 0.25) is 0 Å². The van der Waals surface area contributed by atoms with Crippen LogP contribution in [-0.4, -0.2) is 133 Å². The molecule has 0 aliphatic rings. The first-order valence-electron chi connectivity index (χ1n) is 18.0. The van der Waals surface area contributed by atoms with Crippen molar-refractivity contribution < 1.29 is 54.0 Å². The smallest absolute Gasteiger partial charge is 0.328 e. The van der Waals surface area contributed by atoms with E-state index in [-0.39, 0.29) is 18.8 Å². The number of carbonyl (C=O) groups excluding carboxylic acids is 6. The van der Waals surface area contributed by atoms with E-state index in [2.05, 4.69) is 41.9 Å². The summed E-state index contributed by atoms with van der Waals surface area (Å²) in [5.41, 5.74) is 6.03. The number of rotatable bonds is 24. The summed E-state index contributed by atoms with van der Waals surface area (Å²) in [6.07, 6.45) is 2.07. The Balaban J connectivity index is 3.29. The second-order valence-corrected chi connectivity index (χ2v) is 13.9. The molecule has 0 spiro atoms. The molecule has 1 heterocycles. The van der Waals surface area contributed by atoms with E-state index in [4.69, 9.17) is 5.73 Å². The first-order valence-corrected chi connectivity index (χ1v) is 18.0. The highest BCUT2D eigenvalue weighted by Crippen LogP contribution is 2.14. The first kappa shape index (κ1) is 47.4. The van der Waals surface area contributed by atoms with E-state index in [0.29, 0.717) is 18.5 Å². The van der Waals surface area contributed by atoms with Crippen molar-refractivity contribution in [3.05, 3.63) is 18.2 Å². The number of hydrogen-bond donors (Lipinski definition) is 12. The number of aliphatic carboxylic acids is 1. The van der Waals surface area contributed by atoms with Crippen LogP contribution in [0.1, 0.15) is 73.4 Å². The molecule has 306 valence electrons. The Morgan fingerprint density at radius 3 is 1.57 bits per heavy atom. The Kier molecular flexibility index (Phi) is 20.3. The van der Waals surface area contributed by atoms with Crippen LogP contribution in [0.5, 0.6) is 0 Å². The van der Waals surface area contributed by atoms with Gasteiger partial charge in [0.2, 0.25) is 35.4 Å². The molecule has 0 bridgehead atoms. The average molecular weight is 770 g/mol. The van der Waals surface area contributed by atoms with E-state index in [0.717, 1.165) is 0 Å². The molecule has 10 atom stereocenters. The molecule has 13 N–H and O–H groups in total. The van der Waals surface area contributed by atoms with Gasteiger partial charge in [-0.1, -0.05) is 54.4 Å². The maximum atomic E-state index is 13.7. The summed E-state index contributed by atoms with van der Waals surface area (Å²) in [6, 6.07) is -9.62. The van der Waals surface area contributed by atoms with Gasteiger partial charge in [0, 0.05) is 18.3 Å². The van der Waals surface area contributed by atoms with Crippen LogP contribution in [-0.2, 0) is 40.0 Å². The van der Waals surface area contributed by atoms with Crippen LogP contribution in [0.3, 0.4) is 0 Å². The number of aliphatic hydroxyl groups is 3. The van der Waals surface area contributed by atoms with Crippen molar-refractivity contribution >= 4 is 41.4 Å². The summed E-state index contributed by atoms with van der Waals surface area (Å²) in [5, 5.41) is 53.5. The number of imidazole rings is 1. The van der Waals surface area contributed by atoms with Gasteiger partial charge in [-0.15, -0.1) is 0 Å². The molecule has 0 saturated heterocycles. The van der Waals surface area contributed by atoms with Crippen molar-refractivity contribution in [1.82, 2.24) is 41.9 Å². The van der Waals surface area contributed by atoms with Crippen molar-refractivity contribution in [1.29, 1.82) is 0 Å². The van der Waals surface area contributed by atoms with Gasteiger partial charge in [-0.25, -0.2) is 9.78 Å². The van der Waals surface area contributed by atoms with Gasteiger partial charge in [0.25, 0.3) is 0 Å². The third kappa shape index (κ3) is 15.0. The SMILES string of the molecule is CC[C@H](C)[C@H](NC(=O)[C@H](CO)NC(=O)[C@H](Cc1cnc[nH]1)NC(=O)[C@H](CC(C)C)NC(=O)[C@@H](N)CO)C(=O)N[C@H](C(=O)N[C@H](C(=O)O)[C@@H](C)O)[C@@H](C)CC. The Morgan fingerprint density at radius 2 is 1.15 bits per heavy atom. The van der Waals surface area contributed by atoms with E-state index in [1.807, 2.05) is 0 Å². The van der Waals surface area contributed by atoms with Gasteiger partial charge in [-0.05, 0) is 31.1 Å². The Labute approximate surface area is 314 Å². The summed E-state index contributed by atoms with van der Waals surface area (Å²) in [7, 11) is 0. The van der Waals surface area contributed by atoms with Crippen LogP contribution in [0.15, 0.2) is 12.5 Å². The predicted molar refractivity (Wildman–Crippen MR) is 194 cm³/mol. The summed E-state index contributed by atoms with van der Waals surface area (Å²) in [4.78, 5) is 98.2. The lowest BCUT2D eigenvalue weighted by Gasteiger charge is -2.31. The molecular weight excluding hydrogens is 710 g/mol. The highest BCUT2D eigenvalue weighted by molar-refractivity contribution is 5.97. The molecule has 20 nitrogen and oxygen atoms in total. The van der Waals surface area contributed by atoms with Crippen molar-refractivity contribution in [2.24, 2.45) is 23.5 Å². The minimum absolute atomic E-state index is 0.0925. The van der Waals surface area contributed by atoms with Gasteiger partial charge >= 0.3 is 5.97 Å². The number of aromatic nitrogens is 2. The first-order chi connectivity index (χ1) is 25.3. The standard InChI is InChI=1S/C34H59N9O11/c1-8-17(5)25(32(51)42-26(18(6)9-2)33(52)43-27(19(7)46)34(53)54)41-31(50)24(14-45)40-30(49)23(11-20-12-36-15-37-20)39-29(48)22(10-16(3)4)38-28(47)21(35)13-44/h12,15-19,21-27,44-46H,8-11,13-14,35H2,1-7H3,(H,36,37)(H,38,47)(H,39,48)(H,40,49)(H,41,50)(H,42,51)(H,43,52)(H,53,54)/t17-,18-,19+,21-,22-,23-,24-,25-,26-,27-/m0/s1. The lowest BCUT2D eigenvalue weighted by Crippen LogP contribution is -2.62. The number of carboxylic acids is 1. The molecule has 1 rings (SSSR count). The zero-order valence-corrected chi connectivity index (χ0v) is 31.9. The Morgan fingerprint density at radius 1 is 0.685 bits per heavy atom. The van der Waals surface area contributed by atoms with Crippen molar-refractivity contribution in [2.75, 3.05) is 13.2 Å². The van der Waals surface area contributed by atoms with E-state index < -0.39 is 115 Å². The van der Waals surface area contributed by atoms with E-state index >= 15 is 0 Å². The molecule has 20 heteroatoms. The second kappa shape index (κ2) is 23.2. The van der Waals surface area contributed by atoms with Crippen LogP contribution in [0, 0.1) is 17.8 Å². The zero-order valence-electron chi connectivity index (χ0n) is 31.9. The van der Waals surface area contributed by atoms with Crippen LogP contribution < -0.4 is 37.6 Å². The van der Waals surface area contributed by atoms with Crippen molar-refractivity contribution in [3.63, 3.8) is 0 Å². The minimum Gasteiger partial charge on any atom is -0.480 e. The fourth-order valence-electron chi connectivity index (χ4n) is 5.16. The molecule has 0 aliphatic heterocycles. The Bertz CT molecular complexity index is 1390. The number of aliphatic hydroxyl groups excluding tert-OH is 3. The fourth-order valence-corrected chi connectivity index (χ4v) is 5.16. The molecule has 0 aliphatic carbocycles. The van der Waals surface area contributed by atoms with E-state index in [9.17, 15) is 54.0 Å². The molecule has 0 unspecified atom stereocenters. The number of nitrogens with one attached hydrogen (secondary N) is 7. The van der Waals surface area contributed by atoms with Crippen LogP contribution in [0.4, 0.5) is 0 Å². The number of H-pyrrole nitrogens is 1. The van der Waals surface area contributed by atoms with Gasteiger partial charge in [-0.3, -0.25) is 28.8 Å². The molecule has 0 fully saturated rings. The summed E-state index contributed by atoms with van der Waals surface area (Å²) < 4.78 is 0. The van der Waals surface area contributed by atoms with Gasteiger partial charge in [0.05, 0.1) is 25.6 Å². The lowest BCUT2D eigenvalue weighted by atomic mass is 9.94. The molecule has 1 aromatic rings. The number of nitrogens with zero attached hydrogens (tertiary/aromatic N) is 1. The maximum absolute atomic E-state index is 13.7. The molecule has 0 radical (unpaired) electrons. The predicted octanol–water partition coefficient (Wildman–Crippen LogP) is -3.22. The number of nitrogens with two attached hydrogens (primary N) is 1. The van der Waals surface area contributed by atoms with Crippen LogP contribution >= 0.6 is 0 Å². The Hall–Kier alpha value is -4.66. The molecule has 0 saturated carbocycles. The largest absolute Gasteiger partial charge is 0.480 e. The molecule has 6 amide bonds. The van der Waals surface area contributed by atoms with E-state index in [1.165, 1.54) is 19.4 Å². The molecule has 0 aromatic carbocycles. The second-order valence-electron chi connectivity index (χ2n) is 13.9. The highest BCUT2D eigenvalue weighted by Gasteiger charge is 2.37. The quantitative estimate of drug-likeness (QED) is 0.0493. The molecule has 1 aromatic heterocycles. The minimum atomic E-state index is -1.65. The van der Waals surface area contributed by atoms with Gasteiger partial charge in [0.15, 0.2) is 6.04 Å². The number of hydrogen-bond acceptors (Lipinski definition) is 12. The molecule has 54 heavy (non-hydrogen) atoms.